The highest BCUT2D eigenvalue weighted by molar-refractivity contribution is 7.11. The first-order valence-electron chi connectivity index (χ1n) is 5.67. The Labute approximate surface area is 105 Å². The molecule has 0 aliphatic carbocycles. The van der Waals surface area contributed by atoms with Crippen LogP contribution in [0, 0.1) is 0 Å². The van der Waals surface area contributed by atoms with Gasteiger partial charge in [-0.1, -0.05) is 6.92 Å². The largest absolute Gasteiger partial charge is 0.485 e. The summed E-state index contributed by atoms with van der Waals surface area (Å²) in [7, 11) is 1.88. The average Bonchev–Trinajstić information content (AvgIpc) is 2.93. The molecule has 17 heavy (non-hydrogen) atoms. The van der Waals surface area contributed by atoms with Crippen LogP contribution in [0.3, 0.4) is 0 Å². The fourth-order valence-corrected chi connectivity index (χ4v) is 2.37. The van der Waals surface area contributed by atoms with Crippen LogP contribution in [-0.2, 0) is 20.2 Å². The summed E-state index contributed by atoms with van der Waals surface area (Å²) in [5.74, 6) is 0.814. The summed E-state index contributed by atoms with van der Waals surface area (Å²) in [4.78, 5) is 2.58. The van der Waals surface area contributed by atoms with Gasteiger partial charge in [-0.25, -0.2) is 0 Å². The van der Waals surface area contributed by atoms with Gasteiger partial charge in [-0.15, -0.1) is 11.3 Å². The van der Waals surface area contributed by atoms with Crippen molar-refractivity contribution in [3.05, 3.63) is 34.3 Å². The Bertz CT molecular complexity index is 464. The van der Waals surface area contributed by atoms with E-state index in [1.807, 2.05) is 13.2 Å². The van der Waals surface area contributed by atoms with Crippen LogP contribution >= 0.6 is 11.3 Å². The third-order valence-electron chi connectivity index (χ3n) is 2.33. The first-order chi connectivity index (χ1) is 8.28. The molecule has 0 atom stereocenters. The molecule has 0 amide bonds. The average molecular weight is 251 g/mol. The monoisotopic (exact) mass is 251 g/mol. The van der Waals surface area contributed by atoms with Crippen LogP contribution in [0.1, 0.15) is 16.7 Å². The SMILES string of the molecule is CCNCc1ccc(COc2cnn(C)c2)s1. The summed E-state index contributed by atoms with van der Waals surface area (Å²) in [6.07, 6.45) is 3.60. The maximum atomic E-state index is 5.64. The van der Waals surface area contributed by atoms with E-state index in [9.17, 15) is 0 Å². The molecular formula is C12H17N3OS. The zero-order valence-electron chi connectivity index (χ0n) is 10.1. The maximum Gasteiger partial charge on any atom is 0.157 e. The maximum absolute atomic E-state index is 5.64. The van der Waals surface area contributed by atoms with Gasteiger partial charge in [0, 0.05) is 23.3 Å². The van der Waals surface area contributed by atoms with Gasteiger partial charge in [0.05, 0.1) is 12.4 Å². The molecule has 5 heteroatoms. The van der Waals surface area contributed by atoms with Crippen LogP contribution in [0.4, 0.5) is 0 Å². The summed E-state index contributed by atoms with van der Waals surface area (Å²) in [5, 5.41) is 7.37. The van der Waals surface area contributed by atoms with Gasteiger partial charge in [0.15, 0.2) is 5.75 Å². The number of nitrogens with one attached hydrogen (secondary N) is 1. The molecule has 2 heterocycles. The third kappa shape index (κ3) is 3.57. The van der Waals surface area contributed by atoms with Crippen molar-refractivity contribution in [3.63, 3.8) is 0 Å². The summed E-state index contributed by atoms with van der Waals surface area (Å²) in [6.45, 7) is 4.66. The number of nitrogens with zero attached hydrogens (tertiary/aromatic N) is 2. The lowest BCUT2D eigenvalue weighted by molar-refractivity contribution is 0.309. The van der Waals surface area contributed by atoms with Crippen LogP contribution in [0.15, 0.2) is 24.5 Å². The molecule has 0 saturated heterocycles. The number of rotatable bonds is 6. The Morgan fingerprint density at radius 3 is 2.94 bits per heavy atom. The molecule has 0 bridgehead atoms. The van der Waals surface area contributed by atoms with Gasteiger partial charge in [-0.3, -0.25) is 4.68 Å². The van der Waals surface area contributed by atoms with E-state index in [0.29, 0.717) is 6.61 Å². The fraction of sp³-hybridized carbons (Fsp3) is 0.417. The second kappa shape index (κ2) is 5.84. The van der Waals surface area contributed by atoms with Crippen molar-refractivity contribution >= 4 is 11.3 Å². The standard InChI is InChI=1S/C12H17N3OS/c1-3-13-7-11-4-5-12(17-11)9-16-10-6-14-15(2)8-10/h4-6,8,13H,3,7,9H2,1-2H3. The summed E-state index contributed by atoms with van der Waals surface area (Å²) in [5.41, 5.74) is 0. The zero-order chi connectivity index (χ0) is 12.1. The van der Waals surface area contributed by atoms with Crippen LogP contribution in [0.25, 0.3) is 0 Å². The van der Waals surface area contributed by atoms with Crippen molar-refractivity contribution in [2.24, 2.45) is 7.05 Å². The van der Waals surface area contributed by atoms with Crippen molar-refractivity contribution in [3.8, 4) is 5.75 Å². The molecule has 1 N–H and O–H groups in total. The molecule has 0 unspecified atom stereocenters. The number of thiophene rings is 1. The molecule has 0 aromatic carbocycles. The molecule has 2 rings (SSSR count). The first-order valence-corrected chi connectivity index (χ1v) is 6.49. The topological polar surface area (TPSA) is 39.1 Å². The molecule has 0 aliphatic heterocycles. The van der Waals surface area contributed by atoms with Crippen molar-refractivity contribution in [2.75, 3.05) is 6.54 Å². The lowest BCUT2D eigenvalue weighted by Gasteiger charge is -2.00. The van der Waals surface area contributed by atoms with Crippen molar-refractivity contribution in [1.29, 1.82) is 0 Å². The first kappa shape index (κ1) is 12.1. The molecule has 2 aromatic heterocycles. The molecule has 4 nitrogen and oxygen atoms in total. The lowest BCUT2D eigenvalue weighted by atomic mass is 10.4. The van der Waals surface area contributed by atoms with E-state index in [1.54, 1.807) is 22.2 Å². The molecule has 0 saturated carbocycles. The van der Waals surface area contributed by atoms with Crippen LogP contribution in [-0.4, -0.2) is 16.3 Å². The Hall–Kier alpha value is -1.33. The minimum Gasteiger partial charge on any atom is -0.485 e. The number of ether oxygens (including phenoxy) is 1. The normalized spacial score (nSPS) is 10.7. The second-order valence-electron chi connectivity index (χ2n) is 3.79. The lowest BCUT2D eigenvalue weighted by Crippen LogP contribution is -2.10. The van der Waals surface area contributed by atoms with Crippen LogP contribution in [0.2, 0.25) is 0 Å². The highest BCUT2D eigenvalue weighted by Crippen LogP contribution is 2.18. The molecular weight excluding hydrogens is 234 g/mol. The van der Waals surface area contributed by atoms with Gasteiger partial charge in [0.1, 0.15) is 6.61 Å². The van der Waals surface area contributed by atoms with Crippen LogP contribution in [0.5, 0.6) is 5.75 Å². The summed E-state index contributed by atoms with van der Waals surface area (Å²) in [6, 6.07) is 4.27. The molecule has 0 aliphatic rings. The number of aromatic nitrogens is 2. The van der Waals surface area contributed by atoms with E-state index in [2.05, 4.69) is 29.5 Å². The number of aryl methyl sites for hydroxylation is 1. The Morgan fingerprint density at radius 2 is 2.24 bits per heavy atom. The number of hydrogen-bond donors (Lipinski definition) is 1. The van der Waals surface area contributed by atoms with E-state index in [0.717, 1.165) is 18.8 Å². The van der Waals surface area contributed by atoms with E-state index in [-0.39, 0.29) is 0 Å². The third-order valence-corrected chi connectivity index (χ3v) is 3.39. The van der Waals surface area contributed by atoms with Crippen molar-refractivity contribution < 1.29 is 4.74 Å². The highest BCUT2D eigenvalue weighted by Gasteiger charge is 2.02. The Balaban J connectivity index is 1.84. The Kier molecular flexibility index (Phi) is 4.17. The van der Waals surface area contributed by atoms with Gasteiger partial charge in [0.25, 0.3) is 0 Å². The van der Waals surface area contributed by atoms with E-state index >= 15 is 0 Å². The van der Waals surface area contributed by atoms with Gasteiger partial charge >= 0.3 is 0 Å². The molecule has 0 spiro atoms. The fourth-order valence-electron chi connectivity index (χ4n) is 1.47. The minimum absolute atomic E-state index is 0.614. The van der Waals surface area contributed by atoms with Gasteiger partial charge in [-0.2, -0.15) is 5.10 Å². The molecule has 0 radical (unpaired) electrons. The highest BCUT2D eigenvalue weighted by atomic mass is 32.1. The zero-order valence-corrected chi connectivity index (χ0v) is 11.0. The predicted octanol–water partition coefficient (Wildman–Crippen LogP) is 2.17. The molecule has 0 fully saturated rings. The van der Waals surface area contributed by atoms with Gasteiger partial charge in [-0.05, 0) is 18.7 Å². The smallest absolute Gasteiger partial charge is 0.157 e. The van der Waals surface area contributed by atoms with Crippen LogP contribution < -0.4 is 10.1 Å². The number of hydrogen-bond acceptors (Lipinski definition) is 4. The Morgan fingerprint density at radius 1 is 1.41 bits per heavy atom. The summed E-state index contributed by atoms with van der Waals surface area (Å²) >= 11 is 1.78. The van der Waals surface area contributed by atoms with E-state index < -0.39 is 0 Å². The van der Waals surface area contributed by atoms with Gasteiger partial charge < -0.3 is 10.1 Å². The van der Waals surface area contributed by atoms with Gasteiger partial charge in [0.2, 0.25) is 0 Å². The summed E-state index contributed by atoms with van der Waals surface area (Å²) < 4.78 is 7.37. The minimum atomic E-state index is 0.614. The molecule has 92 valence electrons. The second-order valence-corrected chi connectivity index (χ2v) is 5.04. The van der Waals surface area contributed by atoms with E-state index in [4.69, 9.17) is 4.74 Å². The quantitative estimate of drug-likeness (QED) is 0.855. The molecule has 2 aromatic rings. The van der Waals surface area contributed by atoms with Crippen molar-refractivity contribution in [1.82, 2.24) is 15.1 Å². The van der Waals surface area contributed by atoms with Crippen molar-refractivity contribution in [2.45, 2.75) is 20.1 Å². The predicted molar refractivity (Wildman–Crippen MR) is 69.2 cm³/mol. The van der Waals surface area contributed by atoms with E-state index in [1.165, 1.54) is 9.75 Å².